The number of alkyl halides is 3. The zero-order valence-electron chi connectivity index (χ0n) is 11.7. The van der Waals surface area contributed by atoms with E-state index in [1.807, 2.05) is 0 Å². The van der Waals surface area contributed by atoms with E-state index in [0.29, 0.717) is 12.8 Å². The van der Waals surface area contributed by atoms with E-state index in [0.717, 1.165) is 6.26 Å². The maximum atomic E-state index is 12.2. The van der Waals surface area contributed by atoms with Gasteiger partial charge >= 0.3 is 6.18 Å². The molecule has 6 nitrogen and oxygen atoms in total. The maximum Gasteiger partial charge on any atom is 0.401 e. The lowest BCUT2D eigenvalue weighted by atomic mass is 9.96. The van der Waals surface area contributed by atoms with Gasteiger partial charge in [0.1, 0.15) is 0 Å². The monoisotopic (exact) mass is 331 g/mol. The minimum Gasteiger partial charge on any atom is -0.355 e. The minimum absolute atomic E-state index is 0.0947. The van der Waals surface area contributed by atoms with Crippen molar-refractivity contribution in [3.05, 3.63) is 0 Å². The highest BCUT2D eigenvalue weighted by Crippen LogP contribution is 2.22. The van der Waals surface area contributed by atoms with Gasteiger partial charge in [0.15, 0.2) is 0 Å². The van der Waals surface area contributed by atoms with E-state index < -0.39 is 22.7 Å². The van der Waals surface area contributed by atoms with Gasteiger partial charge in [-0.1, -0.05) is 0 Å². The second-order valence-corrected chi connectivity index (χ2v) is 6.96. The van der Waals surface area contributed by atoms with Gasteiger partial charge in [0.2, 0.25) is 15.9 Å². The Hall–Kier alpha value is -0.870. The van der Waals surface area contributed by atoms with Crippen LogP contribution in [0.15, 0.2) is 0 Å². The van der Waals surface area contributed by atoms with Crippen LogP contribution in [0.5, 0.6) is 0 Å². The number of carbonyl (C=O) groups excluding carboxylic acids is 1. The summed E-state index contributed by atoms with van der Waals surface area (Å²) in [5, 5.41) is 2.58. The molecule has 1 fully saturated rings. The summed E-state index contributed by atoms with van der Waals surface area (Å²) in [7, 11) is -3.29. The van der Waals surface area contributed by atoms with Crippen molar-refractivity contribution in [2.75, 3.05) is 39.0 Å². The molecule has 0 radical (unpaired) electrons. The number of nitrogens with one attached hydrogen (secondary N) is 2. The van der Waals surface area contributed by atoms with Crippen molar-refractivity contribution < 1.29 is 26.4 Å². The highest BCUT2D eigenvalue weighted by Gasteiger charge is 2.33. The van der Waals surface area contributed by atoms with Gasteiger partial charge in [-0.15, -0.1) is 0 Å². The van der Waals surface area contributed by atoms with Crippen molar-refractivity contribution in [2.24, 2.45) is 5.92 Å². The summed E-state index contributed by atoms with van der Waals surface area (Å²) < 4.78 is 60.5. The SMILES string of the molecule is CS(=O)(=O)NCCNC(=O)C1CCN(CC(F)(F)F)CC1. The summed E-state index contributed by atoms with van der Waals surface area (Å²) in [5.74, 6) is -0.551. The second-order valence-electron chi connectivity index (χ2n) is 5.12. The summed E-state index contributed by atoms with van der Waals surface area (Å²) in [6, 6.07) is 0. The quantitative estimate of drug-likeness (QED) is 0.668. The molecule has 1 amide bonds. The van der Waals surface area contributed by atoms with Gasteiger partial charge in [-0.3, -0.25) is 9.69 Å². The van der Waals surface area contributed by atoms with Crippen LogP contribution in [0.1, 0.15) is 12.8 Å². The van der Waals surface area contributed by atoms with E-state index >= 15 is 0 Å². The topological polar surface area (TPSA) is 78.5 Å². The number of likely N-dealkylation sites (tertiary alicyclic amines) is 1. The largest absolute Gasteiger partial charge is 0.401 e. The molecule has 0 aromatic rings. The van der Waals surface area contributed by atoms with E-state index in [2.05, 4.69) is 10.0 Å². The van der Waals surface area contributed by atoms with Crippen LogP contribution in [-0.2, 0) is 14.8 Å². The molecule has 10 heteroatoms. The van der Waals surface area contributed by atoms with Crippen LogP contribution >= 0.6 is 0 Å². The lowest BCUT2D eigenvalue weighted by molar-refractivity contribution is -0.149. The normalized spacial score (nSPS) is 18.7. The molecule has 0 aliphatic carbocycles. The summed E-state index contributed by atoms with van der Waals surface area (Å²) >= 11 is 0. The highest BCUT2D eigenvalue weighted by molar-refractivity contribution is 7.88. The standard InChI is InChI=1S/C11H20F3N3O3S/c1-21(19,20)16-5-4-15-10(18)9-2-6-17(7-3-9)8-11(12,13)14/h9,16H,2-8H2,1H3,(H,15,18). The number of rotatable bonds is 6. The fourth-order valence-electron chi connectivity index (χ4n) is 2.17. The zero-order valence-corrected chi connectivity index (χ0v) is 12.6. The fraction of sp³-hybridized carbons (Fsp3) is 0.909. The molecule has 1 rings (SSSR count). The van der Waals surface area contributed by atoms with Crippen LogP contribution in [0.25, 0.3) is 0 Å². The van der Waals surface area contributed by atoms with Crippen molar-refractivity contribution in [1.82, 2.24) is 14.9 Å². The Morgan fingerprint density at radius 2 is 1.81 bits per heavy atom. The Balaban J connectivity index is 2.23. The van der Waals surface area contributed by atoms with Crippen LogP contribution in [0.2, 0.25) is 0 Å². The molecular formula is C11H20F3N3O3S. The summed E-state index contributed by atoms with van der Waals surface area (Å²) in [6.45, 7) is -0.218. The van der Waals surface area contributed by atoms with Crippen LogP contribution in [0, 0.1) is 5.92 Å². The third-order valence-corrected chi connectivity index (χ3v) is 3.88. The highest BCUT2D eigenvalue weighted by atomic mass is 32.2. The number of amides is 1. The van der Waals surface area contributed by atoms with E-state index in [1.54, 1.807) is 0 Å². The third-order valence-electron chi connectivity index (χ3n) is 3.15. The number of carbonyl (C=O) groups is 1. The lowest BCUT2D eigenvalue weighted by Gasteiger charge is -2.31. The smallest absolute Gasteiger partial charge is 0.355 e. The summed E-state index contributed by atoms with van der Waals surface area (Å²) in [6.07, 6.45) is -2.44. The molecule has 0 atom stereocenters. The molecule has 0 unspecified atom stereocenters. The molecule has 0 aromatic carbocycles. The molecule has 0 bridgehead atoms. The Kier molecular flexibility index (Phi) is 6.41. The van der Waals surface area contributed by atoms with Gasteiger partial charge in [0.25, 0.3) is 0 Å². The van der Waals surface area contributed by atoms with Crippen molar-refractivity contribution in [2.45, 2.75) is 19.0 Å². The van der Waals surface area contributed by atoms with E-state index in [1.165, 1.54) is 4.90 Å². The maximum absolute atomic E-state index is 12.2. The Morgan fingerprint density at radius 1 is 1.24 bits per heavy atom. The van der Waals surface area contributed by atoms with Crippen molar-refractivity contribution >= 4 is 15.9 Å². The molecule has 124 valence electrons. The number of sulfonamides is 1. The molecular weight excluding hydrogens is 311 g/mol. The van der Waals surface area contributed by atoms with E-state index in [9.17, 15) is 26.4 Å². The molecule has 0 saturated carbocycles. The number of piperidine rings is 1. The van der Waals surface area contributed by atoms with Gasteiger partial charge in [-0.05, 0) is 25.9 Å². The average molecular weight is 331 g/mol. The minimum atomic E-state index is -4.22. The van der Waals surface area contributed by atoms with Gasteiger partial charge in [-0.2, -0.15) is 13.2 Å². The Labute approximate surface area is 122 Å². The van der Waals surface area contributed by atoms with Crippen LogP contribution < -0.4 is 10.0 Å². The predicted molar refractivity (Wildman–Crippen MR) is 71.1 cm³/mol. The number of nitrogens with zero attached hydrogens (tertiary/aromatic N) is 1. The number of hydrogen-bond donors (Lipinski definition) is 2. The van der Waals surface area contributed by atoms with Crippen LogP contribution in [0.4, 0.5) is 13.2 Å². The average Bonchev–Trinajstić information content (AvgIpc) is 2.32. The van der Waals surface area contributed by atoms with E-state index in [4.69, 9.17) is 0 Å². The molecule has 21 heavy (non-hydrogen) atoms. The third kappa shape index (κ3) is 8.22. The fourth-order valence-corrected chi connectivity index (χ4v) is 2.65. The van der Waals surface area contributed by atoms with Crippen LogP contribution in [0.3, 0.4) is 0 Å². The number of halogens is 3. The number of hydrogen-bond acceptors (Lipinski definition) is 4. The van der Waals surface area contributed by atoms with Gasteiger partial charge in [-0.25, -0.2) is 13.1 Å². The molecule has 1 aliphatic rings. The molecule has 1 heterocycles. The molecule has 0 aromatic heterocycles. The first-order chi connectivity index (χ1) is 9.57. The molecule has 1 saturated heterocycles. The van der Waals surface area contributed by atoms with Crippen molar-refractivity contribution in [3.8, 4) is 0 Å². The van der Waals surface area contributed by atoms with Crippen molar-refractivity contribution in [1.29, 1.82) is 0 Å². The summed E-state index contributed by atoms with van der Waals surface area (Å²) in [5.41, 5.74) is 0. The molecule has 0 spiro atoms. The molecule has 2 N–H and O–H groups in total. The van der Waals surface area contributed by atoms with Gasteiger partial charge in [0.05, 0.1) is 12.8 Å². The Morgan fingerprint density at radius 3 is 2.29 bits per heavy atom. The molecule has 1 aliphatic heterocycles. The predicted octanol–water partition coefficient (Wildman–Crippen LogP) is -0.0739. The first-order valence-electron chi connectivity index (χ1n) is 6.58. The van der Waals surface area contributed by atoms with Gasteiger partial charge in [0, 0.05) is 19.0 Å². The first-order valence-corrected chi connectivity index (χ1v) is 8.47. The van der Waals surface area contributed by atoms with Crippen LogP contribution in [-0.4, -0.2) is 64.4 Å². The van der Waals surface area contributed by atoms with Gasteiger partial charge < -0.3 is 5.32 Å². The zero-order chi connectivity index (χ0) is 16.1. The summed E-state index contributed by atoms with van der Waals surface area (Å²) in [4.78, 5) is 13.1. The first kappa shape index (κ1) is 18.2. The van der Waals surface area contributed by atoms with Crippen molar-refractivity contribution in [3.63, 3.8) is 0 Å². The lowest BCUT2D eigenvalue weighted by Crippen LogP contribution is -2.44. The van der Waals surface area contributed by atoms with E-state index in [-0.39, 0.29) is 38.0 Å². The Bertz CT molecular complexity index is 445. The second kappa shape index (κ2) is 7.41.